The molecule has 1 atom stereocenters. The van der Waals surface area contributed by atoms with Crippen LogP contribution in [-0.2, 0) is 9.59 Å². The minimum atomic E-state index is -0.768. The first kappa shape index (κ1) is 21.3. The molecule has 0 radical (unpaired) electrons. The van der Waals surface area contributed by atoms with Gasteiger partial charge in [-0.25, -0.2) is 0 Å². The Bertz CT molecular complexity index is 611. The molecule has 0 aliphatic heterocycles. The van der Waals surface area contributed by atoms with Crippen LogP contribution in [0.4, 0.5) is 0 Å². The van der Waals surface area contributed by atoms with E-state index in [-0.39, 0.29) is 11.8 Å². The summed E-state index contributed by atoms with van der Waals surface area (Å²) in [5.74, 6) is -0.304. The van der Waals surface area contributed by atoms with Crippen LogP contribution >= 0.6 is 23.4 Å². The molecule has 0 fully saturated rings. The van der Waals surface area contributed by atoms with E-state index in [0.29, 0.717) is 29.2 Å². The SMILES string of the molecule is CSCCC(NC(=O)c1ccccc1Cl)C(=O)NNC(=O)CC(C)C. The third-order valence-corrected chi connectivity index (χ3v) is 4.24. The molecule has 0 aliphatic carbocycles. The summed E-state index contributed by atoms with van der Waals surface area (Å²) in [6.07, 6.45) is 2.65. The van der Waals surface area contributed by atoms with Crippen LogP contribution in [0.25, 0.3) is 0 Å². The van der Waals surface area contributed by atoms with Gasteiger partial charge in [0.15, 0.2) is 0 Å². The van der Waals surface area contributed by atoms with E-state index in [9.17, 15) is 14.4 Å². The summed E-state index contributed by atoms with van der Waals surface area (Å²) in [6.45, 7) is 3.82. The zero-order valence-electron chi connectivity index (χ0n) is 14.6. The van der Waals surface area contributed by atoms with E-state index in [4.69, 9.17) is 11.6 Å². The number of amides is 3. The first-order valence-corrected chi connectivity index (χ1v) is 9.75. The third kappa shape index (κ3) is 7.79. The summed E-state index contributed by atoms with van der Waals surface area (Å²) in [6, 6.07) is 5.85. The molecule has 1 rings (SSSR count). The van der Waals surface area contributed by atoms with Gasteiger partial charge in [-0.3, -0.25) is 25.2 Å². The topological polar surface area (TPSA) is 87.3 Å². The molecule has 0 heterocycles. The summed E-state index contributed by atoms with van der Waals surface area (Å²) >= 11 is 7.58. The van der Waals surface area contributed by atoms with E-state index >= 15 is 0 Å². The monoisotopic (exact) mass is 385 g/mol. The van der Waals surface area contributed by atoms with Crippen LogP contribution in [0.15, 0.2) is 24.3 Å². The average molecular weight is 386 g/mol. The molecular formula is C17H24ClN3O3S. The Morgan fingerprint density at radius 3 is 2.44 bits per heavy atom. The maximum absolute atomic E-state index is 12.4. The molecule has 8 heteroatoms. The predicted molar refractivity (Wildman–Crippen MR) is 101 cm³/mol. The molecule has 0 saturated heterocycles. The number of halogens is 1. The smallest absolute Gasteiger partial charge is 0.260 e. The molecule has 6 nitrogen and oxygen atoms in total. The molecule has 1 aromatic carbocycles. The molecule has 0 aliphatic rings. The van der Waals surface area contributed by atoms with Gasteiger partial charge in [-0.05, 0) is 36.5 Å². The minimum Gasteiger partial charge on any atom is -0.340 e. The van der Waals surface area contributed by atoms with E-state index < -0.39 is 17.9 Å². The molecule has 1 aromatic rings. The molecule has 0 bridgehead atoms. The third-order valence-electron chi connectivity index (χ3n) is 3.27. The quantitative estimate of drug-likeness (QED) is 0.599. The lowest BCUT2D eigenvalue weighted by Crippen LogP contribution is -2.52. The van der Waals surface area contributed by atoms with Crippen LogP contribution in [0.2, 0.25) is 5.02 Å². The van der Waals surface area contributed by atoms with Gasteiger partial charge in [0.25, 0.3) is 11.8 Å². The molecular weight excluding hydrogens is 362 g/mol. The Kier molecular flexibility index (Phi) is 9.37. The zero-order valence-corrected chi connectivity index (χ0v) is 16.2. The van der Waals surface area contributed by atoms with Crippen LogP contribution in [0, 0.1) is 5.92 Å². The Morgan fingerprint density at radius 2 is 1.84 bits per heavy atom. The second-order valence-electron chi connectivity index (χ2n) is 5.92. The summed E-state index contributed by atoms with van der Waals surface area (Å²) in [7, 11) is 0. The van der Waals surface area contributed by atoms with Gasteiger partial charge in [0, 0.05) is 6.42 Å². The summed E-state index contributed by atoms with van der Waals surface area (Å²) in [5.41, 5.74) is 5.05. The van der Waals surface area contributed by atoms with Crippen molar-refractivity contribution >= 4 is 41.1 Å². The van der Waals surface area contributed by atoms with Crippen molar-refractivity contribution in [2.75, 3.05) is 12.0 Å². The number of hydrogen-bond donors (Lipinski definition) is 3. The number of rotatable bonds is 8. The van der Waals surface area contributed by atoms with E-state index in [2.05, 4.69) is 16.2 Å². The Balaban J connectivity index is 2.69. The molecule has 138 valence electrons. The summed E-state index contributed by atoms with van der Waals surface area (Å²) in [5, 5.41) is 2.99. The van der Waals surface area contributed by atoms with Gasteiger partial charge in [0.1, 0.15) is 6.04 Å². The highest BCUT2D eigenvalue weighted by Gasteiger charge is 2.22. The summed E-state index contributed by atoms with van der Waals surface area (Å²) in [4.78, 5) is 36.3. The van der Waals surface area contributed by atoms with Gasteiger partial charge < -0.3 is 5.32 Å². The second kappa shape index (κ2) is 11.0. The van der Waals surface area contributed by atoms with Crippen molar-refractivity contribution in [3.8, 4) is 0 Å². The van der Waals surface area contributed by atoms with Gasteiger partial charge in [0.2, 0.25) is 5.91 Å². The molecule has 25 heavy (non-hydrogen) atoms. The number of carbonyl (C=O) groups is 3. The fourth-order valence-electron chi connectivity index (χ4n) is 2.03. The van der Waals surface area contributed by atoms with Crippen molar-refractivity contribution in [1.82, 2.24) is 16.2 Å². The number of benzene rings is 1. The van der Waals surface area contributed by atoms with Crippen molar-refractivity contribution < 1.29 is 14.4 Å². The molecule has 3 N–H and O–H groups in total. The predicted octanol–water partition coefficient (Wildman–Crippen LogP) is 2.38. The lowest BCUT2D eigenvalue weighted by Gasteiger charge is -2.19. The molecule has 0 saturated carbocycles. The molecule has 0 spiro atoms. The van der Waals surface area contributed by atoms with Crippen LogP contribution in [0.5, 0.6) is 0 Å². The Labute approximate surface area is 157 Å². The van der Waals surface area contributed by atoms with Crippen LogP contribution in [0.3, 0.4) is 0 Å². The van der Waals surface area contributed by atoms with Crippen LogP contribution < -0.4 is 16.2 Å². The molecule has 1 unspecified atom stereocenters. The number of hydrogen-bond acceptors (Lipinski definition) is 4. The van der Waals surface area contributed by atoms with E-state index in [0.717, 1.165) is 0 Å². The normalized spacial score (nSPS) is 11.7. The zero-order chi connectivity index (χ0) is 18.8. The number of carbonyl (C=O) groups excluding carboxylic acids is 3. The number of thioether (sulfide) groups is 1. The largest absolute Gasteiger partial charge is 0.340 e. The maximum atomic E-state index is 12.4. The fourth-order valence-corrected chi connectivity index (χ4v) is 2.72. The number of nitrogens with one attached hydrogen (secondary N) is 3. The summed E-state index contributed by atoms with van der Waals surface area (Å²) < 4.78 is 0. The van der Waals surface area contributed by atoms with E-state index in [1.807, 2.05) is 20.1 Å². The van der Waals surface area contributed by atoms with Crippen molar-refractivity contribution in [3.63, 3.8) is 0 Å². The highest BCUT2D eigenvalue weighted by atomic mass is 35.5. The van der Waals surface area contributed by atoms with E-state index in [1.165, 1.54) is 0 Å². The molecule has 3 amide bonds. The first-order chi connectivity index (χ1) is 11.8. The van der Waals surface area contributed by atoms with Crippen molar-refractivity contribution in [2.24, 2.45) is 5.92 Å². The fraction of sp³-hybridized carbons (Fsp3) is 0.471. The van der Waals surface area contributed by atoms with Crippen LogP contribution in [-0.4, -0.2) is 35.8 Å². The van der Waals surface area contributed by atoms with Crippen molar-refractivity contribution in [3.05, 3.63) is 34.9 Å². The van der Waals surface area contributed by atoms with Crippen LogP contribution in [0.1, 0.15) is 37.0 Å². The molecule has 0 aromatic heterocycles. The number of hydrazine groups is 1. The van der Waals surface area contributed by atoms with Crippen molar-refractivity contribution in [1.29, 1.82) is 0 Å². The lowest BCUT2D eigenvalue weighted by atomic mass is 10.1. The van der Waals surface area contributed by atoms with Gasteiger partial charge >= 0.3 is 0 Å². The highest BCUT2D eigenvalue weighted by Crippen LogP contribution is 2.15. The Morgan fingerprint density at radius 1 is 1.16 bits per heavy atom. The highest BCUT2D eigenvalue weighted by molar-refractivity contribution is 7.98. The Hall–Kier alpha value is -1.73. The minimum absolute atomic E-state index is 0.184. The van der Waals surface area contributed by atoms with Gasteiger partial charge in [-0.15, -0.1) is 0 Å². The lowest BCUT2D eigenvalue weighted by molar-refractivity contribution is -0.130. The second-order valence-corrected chi connectivity index (χ2v) is 7.32. The standard InChI is InChI=1S/C17H24ClN3O3S/c1-11(2)10-15(22)20-21-17(24)14(8-9-25-3)19-16(23)12-6-4-5-7-13(12)18/h4-7,11,14H,8-10H2,1-3H3,(H,19,23)(H,20,22)(H,21,24). The van der Waals surface area contributed by atoms with Gasteiger partial charge in [-0.2, -0.15) is 11.8 Å². The van der Waals surface area contributed by atoms with Gasteiger partial charge in [-0.1, -0.05) is 37.6 Å². The van der Waals surface area contributed by atoms with Crippen molar-refractivity contribution in [2.45, 2.75) is 32.7 Å². The maximum Gasteiger partial charge on any atom is 0.260 e. The average Bonchev–Trinajstić information content (AvgIpc) is 2.56. The van der Waals surface area contributed by atoms with E-state index in [1.54, 1.807) is 36.0 Å². The van der Waals surface area contributed by atoms with Gasteiger partial charge in [0.05, 0.1) is 10.6 Å². The first-order valence-electron chi connectivity index (χ1n) is 7.98.